The van der Waals surface area contributed by atoms with Crippen molar-refractivity contribution in [2.24, 2.45) is 7.05 Å². The topological polar surface area (TPSA) is 135 Å². The maximum atomic E-state index is 14.2. The Labute approximate surface area is 272 Å². The molecular formula is C35H37FN8O3. The van der Waals surface area contributed by atoms with Crippen LogP contribution >= 0.6 is 0 Å². The van der Waals surface area contributed by atoms with Crippen LogP contribution in [0.15, 0.2) is 85.3 Å². The lowest BCUT2D eigenvalue weighted by Gasteiger charge is -2.16. The van der Waals surface area contributed by atoms with Crippen molar-refractivity contribution in [3.05, 3.63) is 108 Å². The van der Waals surface area contributed by atoms with E-state index in [1.807, 2.05) is 80.2 Å². The van der Waals surface area contributed by atoms with Crippen LogP contribution in [0.5, 0.6) is 11.5 Å². The van der Waals surface area contributed by atoms with Gasteiger partial charge in [-0.15, -0.1) is 0 Å². The molecule has 12 heteroatoms. The summed E-state index contributed by atoms with van der Waals surface area (Å²) in [6.07, 6.45) is 6.96. The molecule has 6 aromatic rings. The Morgan fingerprint density at radius 2 is 1.74 bits per heavy atom. The van der Waals surface area contributed by atoms with Gasteiger partial charge < -0.3 is 25.1 Å². The number of aryl methyl sites for hydroxylation is 2. The molecule has 1 aliphatic carbocycles. The molecule has 1 aliphatic rings. The first-order valence-electron chi connectivity index (χ1n) is 15.2. The number of fused-ring (bicyclic) bond motifs is 2. The summed E-state index contributed by atoms with van der Waals surface area (Å²) >= 11 is 0. The van der Waals surface area contributed by atoms with E-state index < -0.39 is 11.7 Å². The first-order valence-corrected chi connectivity index (χ1v) is 15.2. The third-order valence-electron chi connectivity index (χ3n) is 7.68. The third kappa shape index (κ3) is 6.76. The van der Waals surface area contributed by atoms with Gasteiger partial charge in [0.25, 0.3) is 5.91 Å². The van der Waals surface area contributed by atoms with E-state index >= 15 is 0 Å². The number of pyridine rings is 2. The van der Waals surface area contributed by atoms with Gasteiger partial charge in [0.1, 0.15) is 23.0 Å². The quantitative estimate of drug-likeness (QED) is 0.225. The number of methoxy groups -OCH3 is 2. The van der Waals surface area contributed by atoms with Gasteiger partial charge in [-0.05, 0) is 60.4 Å². The normalized spacial score (nSPS) is 13.1. The molecule has 0 spiro atoms. The van der Waals surface area contributed by atoms with Gasteiger partial charge >= 0.3 is 0 Å². The van der Waals surface area contributed by atoms with E-state index in [0.29, 0.717) is 11.6 Å². The summed E-state index contributed by atoms with van der Waals surface area (Å²) in [4.78, 5) is 25.8. The van der Waals surface area contributed by atoms with Crippen molar-refractivity contribution in [3.8, 4) is 28.7 Å². The van der Waals surface area contributed by atoms with Crippen LogP contribution in [-0.4, -0.2) is 49.4 Å². The van der Waals surface area contributed by atoms with E-state index in [0.717, 1.165) is 52.8 Å². The van der Waals surface area contributed by atoms with Crippen molar-refractivity contribution in [2.75, 3.05) is 20.0 Å². The van der Waals surface area contributed by atoms with Gasteiger partial charge in [-0.1, -0.05) is 38.1 Å². The molecule has 47 heavy (non-hydrogen) atoms. The van der Waals surface area contributed by atoms with Crippen molar-refractivity contribution in [3.63, 3.8) is 0 Å². The molecular weight excluding hydrogens is 599 g/mol. The van der Waals surface area contributed by atoms with E-state index in [-0.39, 0.29) is 17.4 Å². The van der Waals surface area contributed by atoms with E-state index in [1.54, 1.807) is 17.1 Å². The highest BCUT2D eigenvalue weighted by Gasteiger charge is 2.26. The number of nitrogen functional groups attached to an aromatic ring is 1. The highest BCUT2D eigenvalue weighted by atomic mass is 19.1. The first kappa shape index (κ1) is 32.6. The van der Waals surface area contributed by atoms with Crippen LogP contribution in [-0.2, 0) is 13.5 Å². The van der Waals surface area contributed by atoms with Crippen LogP contribution in [0.2, 0.25) is 0 Å². The Kier molecular flexibility index (Phi) is 10.1. The number of halogens is 1. The third-order valence-corrected chi connectivity index (χ3v) is 7.68. The molecule has 0 saturated carbocycles. The highest BCUT2D eigenvalue weighted by Crippen LogP contribution is 2.33. The van der Waals surface area contributed by atoms with Crippen LogP contribution in [0.4, 0.5) is 10.2 Å². The van der Waals surface area contributed by atoms with Crippen LogP contribution in [0.3, 0.4) is 0 Å². The molecule has 0 aliphatic heterocycles. The highest BCUT2D eigenvalue weighted by molar-refractivity contribution is 5.95. The summed E-state index contributed by atoms with van der Waals surface area (Å²) in [6, 6.07) is 19.8. The lowest BCUT2D eigenvalue weighted by molar-refractivity contribution is 0.0932. The smallest absolute Gasteiger partial charge is 0.254 e. The number of nitrogens with zero attached hydrogens (tertiary/aromatic N) is 6. The number of amides is 1. The number of hydrogen-bond acceptors (Lipinski definition) is 8. The molecule has 1 unspecified atom stereocenters. The SMILES string of the molecule is CC.COc1cc(F)c(C(=O)NC2CCc3ccccc32)cc1OC.Cn1c(-c2cccnc2N)nc2ccc(-n3cccn3)nc21. The Hall–Kier alpha value is -5.78. The number of nitrogens with two attached hydrogens (primary N) is 1. The number of hydrogen-bond donors (Lipinski definition) is 2. The summed E-state index contributed by atoms with van der Waals surface area (Å²) in [5.74, 6) is 1.43. The van der Waals surface area contributed by atoms with Crippen molar-refractivity contribution in [1.29, 1.82) is 0 Å². The molecule has 0 bridgehead atoms. The molecule has 0 fully saturated rings. The summed E-state index contributed by atoms with van der Waals surface area (Å²) in [6.45, 7) is 4.00. The lowest BCUT2D eigenvalue weighted by atomic mass is 10.1. The Balaban J connectivity index is 0.000000175. The molecule has 4 heterocycles. The first-order chi connectivity index (χ1) is 22.9. The predicted octanol–water partition coefficient (Wildman–Crippen LogP) is 6.08. The van der Waals surface area contributed by atoms with Gasteiger partial charge in [-0.25, -0.2) is 24.0 Å². The maximum absolute atomic E-state index is 14.2. The van der Waals surface area contributed by atoms with Gasteiger partial charge in [0, 0.05) is 31.7 Å². The number of carbonyl (C=O) groups excluding carboxylic acids is 1. The minimum absolute atomic E-state index is 0.0490. The lowest BCUT2D eigenvalue weighted by Crippen LogP contribution is -2.28. The summed E-state index contributed by atoms with van der Waals surface area (Å²) < 4.78 is 28.0. The van der Waals surface area contributed by atoms with Gasteiger partial charge in [-0.3, -0.25) is 4.79 Å². The van der Waals surface area contributed by atoms with E-state index in [2.05, 4.69) is 31.4 Å². The zero-order valence-corrected chi connectivity index (χ0v) is 26.9. The number of aromatic nitrogens is 6. The van der Waals surface area contributed by atoms with E-state index in [4.69, 9.17) is 15.2 Å². The molecule has 11 nitrogen and oxygen atoms in total. The molecule has 242 valence electrons. The second kappa shape index (κ2) is 14.5. The number of benzene rings is 2. The Bertz CT molecular complexity index is 1990. The number of carbonyl (C=O) groups is 1. The Morgan fingerprint density at radius 3 is 2.47 bits per heavy atom. The van der Waals surface area contributed by atoms with Crippen LogP contribution in [0.1, 0.15) is 47.8 Å². The summed E-state index contributed by atoms with van der Waals surface area (Å²) in [5, 5.41) is 7.10. The van der Waals surface area contributed by atoms with Crippen molar-refractivity contribution in [2.45, 2.75) is 32.7 Å². The molecule has 0 saturated heterocycles. The molecule has 7 rings (SSSR count). The fourth-order valence-electron chi connectivity index (χ4n) is 5.41. The monoisotopic (exact) mass is 636 g/mol. The zero-order chi connectivity index (χ0) is 33.5. The Morgan fingerprint density at radius 1 is 0.979 bits per heavy atom. The van der Waals surface area contributed by atoms with Gasteiger partial charge in [0.05, 0.1) is 31.4 Å². The van der Waals surface area contributed by atoms with Crippen molar-refractivity contribution in [1.82, 2.24) is 34.6 Å². The fraction of sp³-hybridized carbons (Fsp3) is 0.229. The number of nitrogens with one attached hydrogen (secondary N) is 1. The largest absolute Gasteiger partial charge is 0.493 e. The van der Waals surface area contributed by atoms with E-state index in [1.165, 1.54) is 25.8 Å². The molecule has 2 aromatic carbocycles. The minimum atomic E-state index is -0.633. The molecule has 0 radical (unpaired) electrons. The van der Waals surface area contributed by atoms with E-state index in [9.17, 15) is 9.18 Å². The summed E-state index contributed by atoms with van der Waals surface area (Å²) in [5.41, 5.74) is 10.6. The van der Waals surface area contributed by atoms with Crippen LogP contribution in [0, 0.1) is 5.82 Å². The number of ether oxygens (including phenoxy) is 2. The predicted molar refractivity (Wildman–Crippen MR) is 179 cm³/mol. The van der Waals surface area contributed by atoms with Gasteiger partial charge in [0.15, 0.2) is 23.0 Å². The second-order valence-corrected chi connectivity index (χ2v) is 10.3. The molecule has 1 amide bonds. The minimum Gasteiger partial charge on any atom is -0.493 e. The van der Waals surface area contributed by atoms with Crippen molar-refractivity contribution >= 4 is 22.9 Å². The standard InChI is InChI=1S/C18H18FNO3.C15H13N7.C2H6/c1-22-16-9-13(14(19)10-17(16)23-2)18(21)20-15-8-7-11-5-3-4-6-12(11)15;1-21-14(10-4-2-7-17-13(10)16)19-11-5-6-12(20-15(11)21)22-9-3-8-18-22;1-2/h3-6,9-10,15H,7-8H2,1-2H3,(H,20,21);2-9H,1H3,(H2,16,17);1-2H3. The second-order valence-electron chi connectivity index (χ2n) is 10.3. The fourth-order valence-corrected chi connectivity index (χ4v) is 5.41. The zero-order valence-electron chi connectivity index (χ0n) is 26.9. The van der Waals surface area contributed by atoms with Crippen LogP contribution < -0.4 is 20.5 Å². The molecule has 1 atom stereocenters. The molecule has 3 N–H and O–H groups in total. The van der Waals surface area contributed by atoms with Crippen molar-refractivity contribution < 1.29 is 18.7 Å². The average Bonchev–Trinajstić information content (AvgIpc) is 3.86. The number of anilines is 1. The summed E-state index contributed by atoms with van der Waals surface area (Å²) in [7, 11) is 4.79. The molecule has 4 aromatic heterocycles. The van der Waals surface area contributed by atoms with Gasteiger partial charge in [0.2, 0.25) is 0 Å². The van der Waals surface area contributed by atoms with Gasteiger partial charge in [-0.2, -0.15) is 5.10 Å². The maximum Gasteiger partial charge on any atom is 0.254 e. The number of imidazole rings is 1. The number of rotatable bonds is 6. The van der Waals surface area contributed by atoms with Crippen LogP contribution in [0.25, 0.3) is 28.4 Å². The average molecular weight is 637 g/mol.